The summed E-state index contributed by atoms with van der Waals surface area (Å²) in [7, 11) is 0. The number of aliphatic hydroxyl groups excluding tert-OH is 1. The minimum atomic E-state index is -0.970. The molecule has 1 atom stereocenters. The van der Waals surface area contributed by atoms with Crippen LogP contribution < -0.4 is 5.73 Å². The number of hydrogen-bond donors (Lipinski definition) is 2. The van der Waals surface area contributed by atoms with Crippen molar-refractivity contribution >= 4 is 15.9 Å². The topological polar surface area (TPSA) is 46.2 Å². The fourth-order valence-electron chi connectivity index (χ4n) is 0.920. The second-order valence-electron chi connectivity index (χ2n) is 2.58. The number of rotatable bonds is 2. The molecule has 0 bridgehead atoms. The zero-order valence-electron chi connectivity index (χ0n) is 6.60. The second kappa shape index (κ2) is 4.13. The summed E-state index contributed by atoms with van der Waals surface area (Å²) in [5.74, 6) is -1.91. The van der Waals surface area contributed by atoms with Gasteiger partial charge in [-0.05, 0) is 17.7 Å². The van der Waals surface area contributed by atoms with Gasteiger partial charge in [-0.3, -0.25) is 0 Å². The quantitative estimate of drug-likeness (QED) is 0.787. The predicted octanol–water partition coefficient (Wildman–Crippen LogP) is 1.72. The maximum absolute atomic E-state index is 12.7. The van der Waals surface area contributed by atoms with Gasteiger partial charge in [0, 0.05) is 4.47 Å². The minimum Gasteiger partial charge on any atom is -0.394 e. The molecule has 1 aromatic carbocycles. The highest BCUT2D eigenvalue weighted by Crippen LogP contribution is 2.24. The van der Waals surface area contributed by atoms with E-state index < -0.39 is 17.7 Å². The van der Waals surface area contributed by atoms with Crippen molar-refractivity contribution in [1.29, 1.82) is 0 Å². The summed E-state index contributed by atoms with van der Waals surface area (Å²) in [5, 5.41) is 8.71. The number of nitrogens with two attached hydrogens (primary N) is 1. The van der Waals surface area contributed by atoms with Gasteiger partial charge in [-0.25, -0.2) is 8.78 Å². The van der Waals surface area contributed by atoms with E-state index in [2.05, 4.69) is 15.9 Å². The summed E-state index contributed by atoms with van der Waals surface area (Å²) in [5.41, 5.74) is 5.79. The van der Waals surface area contributed by atoms with Gasteiger partial charge in [-0.2, -0.15) is 0 Å². The lowest BCUT2D eigenvalue weighted by molar-refractivity contribution is 0.267. The number of halogens is 3. The molecule has 72 valence electrons. The number of aliphatic hydroxyl groups is 1. The van der Waals surface area contributed by atoms with Gasteiger partial charge in [0.2, 0.25) is 0 Å². The molecule has 0 amide bonds. The summed E-state index contributed by atoms with van der Waals surface area (Å²) >= 11 is 3.02. The zero-order chi connectivity index (χ0) is 10.0. The van der Waals surface area contributed by atoms with E-state index in [1.807, 2.05) is 0 Å². The highest BCUT2D eigenvalue weighted by atomic mass is 79.9. The Kier molecular flexibility index (Phi) is 3.35. The Morgan fingerprint density at radius 2 is 1.92 bits per heavy atom. The molecule has 0 radical (unpaired) electrons. The Labute approximate surface area is 82.5 Å². The molecule has 0 saturated heterocycles. The van der Waals surface area contributed by atoms with E-state index in [9.17, 15) is 8.78 Å². The lowest BCUT2D eigenvalue weighted by Crippen LogP contribution is -2.15. The SMILES string of the molecule is N[C@@H](CO)c1cc(F)c(F)cc1Br. The Hall–Kier alpha value is -0.520. The molecule has 0 heterocycles. The molecule has 0 spiro atoms. The van der Waals surface area contributed by atoms with Crippen molar-refractivity contribution < 1.29 is 13.9 Å². The molecule has 0 aliphatic carbocycles. The zero-order valence-corrected chi connectivity index (χ0v) is 8.18. The van der Waals surface area contributed by atoms with Crippen LogP contribution in [0.1, 0.15) is 11.6 Å². The first-order chi connectivity index (χ1) is 6.06. The van der Waals surface area contributed by atoms with E-state index in [1.54, 1.807) is 0 Å². The van der Waals surface area contributed by atoms with Crippen LogP contribution >= 0.6 is 15.9 Å². The number of hydrogen-bond acceptors (Lipinski definition) is 2. The van der Waals surface area contributed by atoms with Gasteiger partial charge in [0.25, 0.3) is 0 Å². The van der Waals surface area contributed by atoms with Crippen LogP contribution in [0.4, 0.5) is 8.78 Å². The second-order valence-corrected chi connectivity index (χ2v) is 3.43. The fourth-order valence-corrected chi connectivity index (χ4v) is 1.53. The molecule has 0 aromatic heterocycles. The van der Waals surface area contributed by atoms with Crippen molar-refractivity contribution in [3.05, 3.63) is 33.8 Å². The highest BCUT2D eigenvalue weighted by Gasteiger charge is 2.12. The molecule has 0 unspecified atom stereocenters. The third kappa shape index (κ3) is 2.24. The van der Waals surface area contributed by atoms with E-state index in [1.165, 1.54) is 0 Å². The molecule has 5 heteroatoms. The Bertz CT molecular complexity index is 319. The molecule has 2 nitrogen and oxygen atoms in total. The van der Waals surface area contributed by atoms with Gasteiger partial charge in [0.1, 0.15) is 0 Å². The van der Waals surface area contributed by atoms with Crippen molar-refractivity contribution in [3.63, 3.8) is 0 Å². The van der Waals surface area contributed by atoms with Gasteiger partial charge >= 0.3 is 0 Å². The van der Waals surface area contributed by atoms with Crippen LogP contribution in [0.5, 0.6) is 0 Å². The van der Waals surface area contributed by atoms with Gasteiger partial charge in [0.15, 0.2) is 11.6 Å². The van der Waals surface area contributed by atoms with E-state index in [-0.39, 0.29) is 6.61 Å². The maximum atomic E-state index is 12.7. The Balaban J connectivity index is 3.15. The van der Waals surface area contributed by atoms with E-state index in [4.69, 9.17) is 10.8 Å². The molecular weight excluding hydrogens is 244 g/mol. The first-order valence-corrected chi connectivity index (χ1v) is 4.36. The summed E-state index contributed by atoms with van der Waals surface area (Å²) < 4.78 is 25.7. The molecule has 0 aliphatic heterocycles. The summed E-state index contributed by atoms with van der Waals surface area (Å²) in [6, 6.07) is 1.25. The molecule has 0 fully saturated rings. The highest BCUT2D eigenvalue weighted by molar-refractivity contribution is 9.10. The molecule has 1 rings (SSSR count). The largest absolute Gasteiger partial charge is 0.394 e. The van der Waals surface area contributed by atoms with Crippen LogP contribution in [-0.2, 0) is 0 Å². The minimum absolute atomic E-state index is 0.316. The molecule has 0 aliphatic rings. The summed E-state index contributed by atoms with van der Waals surface area (Å²) in [6.45, 7) is -0.316. The fraction of sp³-hybridized carbons (Fsp3) is 0.250. The average molecular weight is 252 g/mol. The first kappa shape index (κ1) is 10.6. The van der Waals surface area contributed by atoms with E-state index >= 15 is 0 Å². The van der Waals surface area contributed by atoms with Crippen molar-refractivity contribution in [2.24, 2.45) is 5.73 Å². The predicted molar refractivity (Wildman–Crippen MR) is 48.1 cm³/mol. The summed E-state index contributed by atoms with van der Waals surface area (Å²) in [4.78, 5) is 0. The molecule has 1 aromatic rings. The third-order valence-electron chi connectivity index (χ3n) is 1.64. The van der Waals surface area contributed by atoms with Gasteiger partial charge in [-0.15, -0.1) is 0 Å². The molecule has 0 saturated carbocycles. The maximum Gasteiger partial charge on any atom is 0.159 e. The van der Waals surface area contributed by atoms with Crippen LogP contribution in [0.2, 0.25) is 0 Å². The first-order valence-electron chi connectivity index (χ1n) is 3.57. The van der Waals surface area contributed by atoms with Crippen molar-refractivity contribution in [2.75, 3.05) is 6.61 Å². The smallest absolute Gasteiger partial charge is 0.159 e. The van der Waals surface area contributed by atoms with Crippen LogP contribution in [0, 0.1) is 11.6 Å². The van der Waals surface area contributed by atoms with Gasteiger partial charge in [-0.1, -0.05) is 15.9 Å². The van der Waals surface area contributed by atoms with Crippen LogP contribution in [0.15, 0.2) is 16.6 Å². The lowest BCUT2D eigenvalue weighted by Gasteiger charge is -2.10. The number of benzene rings is 1. The normalized spacial score (nSPS) is 13.0. The Morgan fingerprint density at radius 1 is 1.38 bits per heavy atom. The lowest BCUT2D eigenvalue weighted by atomic mass is 10.1. The van der Waals surface area contributed by atoms with Crippen molar-refractivity contribution in [3.8, 4) is 0 Å². The van der Waals surface area contributed by atoms with Crippen molar-refractivity contribution in [2.45, 2.75) is 6.04 Å². The molecule has 3 N–H and O–H groups in total. The average Bonchev–Trinajstić information content (AvgIpc) is 2.10. The van der Waals surface area contributed by atoms with Crippen LogP contribution in [-0.4, -0.2) is 11.7 Å². The van der Waals surface area contributed by atoms with Crippen molar-refractivity contribution in [1.82, 2.24) is 0 Å². The third-order valence-corrected chi connectivity index (χ3v) is 2.32. The monoisotopic (exact) mass is 251 g/mol. The molecule has 13 heavy (non-hydrogen) atoms. The van der Waals surface area contributed by atoms with Gasteiger partial charge < -0.3 is 10.8 Å². The summed E-state index contributed by atoms with van der Waals surface area (Å²) in [6.07, 6.45) is 0. The van der Waals surface area contributed by atoms with Gasteiger partial charge in [0.05, 0.1) is 12.6 Å². The van der Waals surface area contributed by atoms with Crippen LogP contribution in [0.25, 0.3) is 0 Å². The van der Waals surface area contributed by atoms with E-state index in [0.717, 1.165) is 12.1 Å². The Morgan fingerprint density at radius 3 is 2.46 bits per heavy atom. The standard InChI is InChI=1S/C8H8BrF2NO/c9-5-2-7(11)6(10)1-4(5)8(12)3-13/h1-2,8,13H,3,12H2/t8-/m0/s1. The van der Waals surface area contributed by atoms with E-state index in [0.29, 0.717) is 10.0 Å². The molecular formula is C8H8BrF2NO. The van der Waals surface area contributed by atoms with Crippen LogP contribution in [0.3, 0.4) is 0 Å².